The summed E-state index contributed by atoms with van der Waals surface area (Å²) in [7, 11) is 0. The highest BCUT2D eigenvalue weighted by atomic mass is 32.1. The van der Waals surface area contributed by atoms with Crippen molar-refractivity contribution in [2.24, 2.45) is 11.5 Å². The summed E-state index contributed by atoms with van der Waals surface area (Å²) >= 11 is 1.60. The summed E-state index contributed by atoms with van der Waals surface area (Å²) in [6.45, 7) is 0.401. The molecule has 0 spiro atoms. The van der Waals surface area contributed by atoms with E-state index in [0.717, 1.165) is 4.88 Å². The molecule has 1 amide bonds. The number of thiophene rings is 1. The van der Waals surface area contributed by atoms with E-state index >= 15 is 0 Å². The number of nitrogens with two attached hydrogens (primary N) is 2. The van der Waals surface area contributed by atoms with E-state index in [1.807, 2.05) is 17.5 Å². The molecule has 0 aliphatic rings. The van der Waals surface area contributed by atoms with Crippen LogP contribution >= 0.6 is 11.3 Å². The third-order valence-electron chi connectivity index (χ3n) is 2.49. The fourth-order valence-corrected chi connectivity index (χ4v) is 2.33. The van der Waals surface area contributed by atoms with Crippen molar-refractivity contribution in [3.05, 3.63) is 52.2 Å². The Bertz CT molecular complexity index is 508. The molecule has 0 aliphatic carbocycles. The Hall–Kier alpha value is -1.85. The third-order valence-corrected chi connectivity index (χ3v) is 3.46. The van der Waals surface area contributed by atoms with Gasteiger partial charge in [0.2, 0.25) is 5.91 Å². The molecule has 1 heterocycles. The van der Waals surface area contributed by atoms with E-state index in [9.17, 15) is 4.79 Å². The van der Waals surface area contributed by atoms with Crippen LogP contribution in [-0.4, -0.2) is 12.5 Å². The number of hydrogen-bond acceptors (Lipinski definition) is 4. The predicted octanol–water partition coefficient (Wildman–Crippen LogP) is 1.93. The lowest BCUT2D eigenvalue weighted by Crippen LogP contribution is -2.17. The summed E-state index contributed by atoms with van der Waals surface area (Å²) in [6, 6.07) is 10.7. The average molecular weight is 262 g/mol. The topological polar surface area (TPSA) is 78.3 Å². The van der Waals surface area contributed by atoms with Crippen LogP contribution in [0.25, 0.3) is 0 Å². The van der Waals surface area contributed by atoms with Crippen LogP contribution in [-0.2, 0) is 0 Å². The van der Waals surface area contributed by atoms with Crippen molar-refractivity contribution in [1.29, 1.82) is 0 Å². The lowest BCUT2D eigenvalue weighted by atomic mass is 10.2. The number of ether oxygens (including phenoxy) is 1. The van der Waals surface area contributed by atoms with Gasteiger partial charge in [0.15, 0.2) is 0 Å². The summed E-state index contributed by atoms with van der Waals surface area (Å²) in [6.07, 6.45) is -0.163. The second-order valence-electron chi connectivity index (χ2n) is 3.75. The van der Waals surface area contributed by atoms with Gasteiger partial charge in [-0.2, -0.15) is 0 Å². The van der Waals surface area contributed by atoms with Gasteiger partial charge in [-0.1, -0.05) is 6.07 Å². The van der Waals surface area contributed by atoms with Crippen molar-refractivity contribution >= 4 is 17.2 Å². The van der Waals surface area contributed by atoms with Crippen LogP contribution in [0.15, 0.2) is 41.8 Å². The maximum absolute atomic E-state index is 10.9. The van der Waals surface area contributed by atoms with Crippen LogP contribution in [0.1, 0.15) is 21.3 Å². The largest absolute Gasteiger partial charge is 0.484 e. The maximum Gasteiger partial charge on any atom is 0.248 e. The first-order chi connectivity index (χ1) is 8.70. The molecule has 0 saturated heterocycles. The lowest BCUT2D eigenvalue weighted by Gasteiger charge is -2.16. The summed E-state index contributed by atoms with van der Waals surface area (Å²) in [5.74, 6) is 0.221. The minimum atomic E-state index is -0.449. The van der Waals surface area contributed by atoms with Crippen molar-refractivity contribution in [3.63, 3.8) is 0 Å². The molecule has 1 aromatic heterocycles. The SMILES string of the molecule is NCC(Oc1ccc(C(N)=O)cc1)c1cccs1. The first kappa shape index (κ1) is 12.6. The number of primary amides is 1. The van der Waals surface area contributed by atoms with Gasteiger partial charge >= 0.3 is 0 Å². The summed E-state index contributed by atoms with van der Waals surface area (Å²) in [5, 5.41) is 1.98. The predicted molar refractivity (Wildman–Crippen MR) is 71.7 cm³/mol. The zero-order valence-electron chi connectivity index (χ0n) is 9.71. The molecule has 1 unspecified atom stereocenters. The quantitative estimate of drug-likeness (QED) is 0.864. The molecular weight excluding hydrogens is 248 g/mol. The van der Waals surface area contributed by atoms with Crippen molar-refractivity contribution in [3.8, 4) is 5.75 Å². The number of rotatable bonds is 5. The Kier molecular flexibility index (Phi) is 3.96. The van der Waals surface area contributed by atoms with Crippen LogP contribution in [0.4, 0.5) is 0 Å². The molecule has 5 heteroatoms. The van der Waals surface area contributed by atoms with Gasteiger partial charge < -0.3 is 16.2 Å². The Morgan fingerprint density at radius 1 is 1.28 bits per heavy atom. The highest BCUT2D eigenvalue weighted by molar-refractivity contribution is 7.10. The normalized spacial score (nSPS) is 12.1. The van der Waals surface area contributed by atoms with E-state index in [1.54, 1.807) is 35.6 Å². The number of carbonyl (C=O) groups excluding carboxylic acids is 1. The smallest absolute Gasteiger partial charge is 0.248 e. The Balaban J connectivity index is 2.10. The van der Waals surface area contributed by atoms with Crippen molar-refractivity contribution in [2.75, 3.05) is 6.54 Å². The van der Waals surface area contributed by atoms with Crippen LogP contribution in [0.5, 0.6) is 5.75 Å². The second-order valence-corrected chi connectivity index (χ2v) is 4.73. The van der Waals surface area contributed by atoms with Gasteiger partial charge in [-0.15, -0.1) is 11.3 Å². The zero-order valence-corrected chi connectivity index (χ0v) is 10.5. The van der Waals surface area contributed by atoms with Gasteiger partial charge in [0, 0.05) is 17.0 Å². The molecule has 4 N–H and O–H groups in total. The average Bonchev–Trinajstić information content (AvgIpc) is 2.90. The van der Waals surface area contributed by atoms with Crippen molar-refractivity contribution in [1.82, 2.24) is 0 Å². The Labute approximate surface area is 109 Å². The third kappa shape index (κ3) is 2.88. The van der Waals surface area contributed by atoms with Gasteiger partial charge in [0.1, 0.15) is 11.9 Å². The summed E-state index contributed by atoms with van der Waals surface area (Å²) in [4.78, 5) is 12.0. The van der Waals surface area contributed by atoms with Crippen LogP contribution in [0.3, 0.4) is 0 Å². The van der Waals surface area contributed by atoms with Gasteiger partial charge in [-0.25, -0.2) is 0 Å². The fourth-order valence-electron chi connectivity index (χ4n) is 1.56. The molecule has 2 aromatic rings. The number of amides is 1. The molecule has 0 aliphatic heterocycles. The Morgan fingerprint density at radius 3 is 2.50 bits per heavy atom. The molecule has 0 saturated carbocycles. The van der Waals surface area contributed by atoms with E-state index < -0.39 is 5.91 Å². The van der Waals surface area contributed by atoms with E-state index in [0.29, 0.717) is 17.9 Å². The lowest BCUT2D eigenvalue weighted by molar-refractivity contribution is 0.1000. The molecule has 0 radical (unpaired) electrons. The molecule has 4 nitrogen and oxygen atoms in total. The maximum atomic E-state index is 10.9. The van der Waals surface area contributed by atoms with Crippen LogP contribution in [0.2, 0.25) is 0 Å². The number of benzene rings is 1. The first-order valence-electron chi connectivity index (χ1n) is 5.50. The first-order valence-corrected chi connectivity index (χ1v) is 6.38. The molecule has 0 bridgehead atoms. The minimum Gasteiger partial charge on any atom is -0.484 e. The van der Waals surface area contributed by atoms with Gasteiger partial charge in [-0.05, 0) is 35.7 Å². The summed E-state index contributed by atoms with van der Waals surface area (Å²) < 4.78 is 5.78. The molecule has 94 valence electrons. The highest BCUT2D eigenvalue weighted by Gasteiger charge is 2.12. The highest BCUT2D eigenvalue weighted by Crippen LogP contribution is 2.24. The molecule has 1 aromatic carbocycles. The van der Waals surface area contributed by atoms with E-state index in [-0.39, 0.29) is 6.10 Å². The van der Waals surface area contributed by atoms with E-state index in [1.165, 1.54) is 0 Å². The molecule has 2 rings (SSSR count). The molecule has 1 atom stereocenters. The molecule has 0 fully saturated rings. The van der Waals surface area contributed by atoms with Crippen LogP contribution in [0, 0.1) is 0 Å². The monoisotopic (exact) mass is 262 g/mol. The summed E-state index contributed by atoms with van der Waals surface area (Å²) in [5.41, 5.74) is 11.3. The van der Waals surface area contributed by atoms with Gasteiger partial charge in [0.25, 0.3) is 0 Å². The molecular formula is C13H14N2O2S. The Morgan fingerprint density at radius 2 is 2.00 bits per heavy atom. The zero-order chi connectivity index (χ0) is 13.0. The fraction of sp³-hybridized carbons (Fsp3) is 0.154. The van der Waals surface area contributed by atoms with Crippen molar-refractivity contribution in [2.45, 2.75) is 6.10 Å². The van der Waals surface area contributed by atoms with Crippen molar-refractivity contribution < 1.29 is 9.53 Å². The van der Waals surface area contributed by atoms with E-state index in [4.69, 9.17) is 16.2 Å². The van der Waals surface area contributed by atoms with Gasteiger partial charge in [0.05, 0.1) is 0 Å². The van der Waals surface area contributed by atoms with E-state index in [2.05, 4.69) is 0 Å². The second kappa shape index (κ2) is 5.66. The molecule has 18 heavy (non-hydrogen) atoms. The number of hydrogen-bond donors (Lipinski definition) is 2. The standard InChI is InChI=1S/C13H14N2O2S/c14-8-11(12-2-1-7-18-12)17-10-5-3-9(4-6-10)13(15)16/h1-7,11H,8,14H2,(H2,15,16). The number of carbonyl (C=O) groups is 1. The van der Waals surface area contributed by atoms with Crippen LogP contribution < -0.4 is 16.2 Å². The van der Waals surface area contributed by atoms with Gasteiger partial charge in [-0.3, -0.25) is 4.79 Å². The minimum absolute atomic E-state index is 0.163.